The lowest BCUT2D eigenvalue weighted by molar-refractivity contribution is 0.0472. The minimum atomic E-state index is -1.18. The number of esters is 1. The van der Waals surface area contributed by atoms with E-state index < -0.39 is 18.0 Å². The third kappa shape index (κ3) is 4.84. The van der Waals surface area contributed by atoms with Gasteiger partial charge >= 0.3 is 11.9 Å². The second-order valence-corrected chi connectivity index (χ2v) is 7.73. The molecule has 0 saturated carbocycles. The molecule has 7 heteroatoms. The Morgan fingerprint density at radius 1 is 0.853 bits per heavy atom. The van der Waals surface area contributed by atoms with Gasteiger partial charge in [-0.15, -0.1) is 0 Å². The molecular formula is C27H22O7. The lowest BCUT2D eigenvalue weighted by Crippen LogP contribution is -2.05. The molecule has 1 atom stereocenters. The molecule has 0 heterocycles. The zero-order valence-corrected chi connectivity index (χ0v) is 18.3. The van der Waals surface area contributed by atoms with E-state index in [2.05, 4.69) is 0 Å². The number of carbonyl (C=O) groups excluding carboxylic acids is 1. The number of aliphatic hydroxyl groups is 1. The van der Waals surface area contributed by atoms with E-state index in [9.17, 15) is 19.8 Å². The number of hydrogen-bond donors (Lipinski definition) is 3. The number of rotatable bonds is 7. The van der Waals surface area contributed by atoms with Crippen LogP contribution in [0.2, 0.25) is 0 Å². The number of carbonyl (C=O) groups is 2. The molecule has 0 aliphatic rings. The second-order valence-electron chi connectivity index (χ2n) is 7.73. The zero-order chi connectivity index (χ0) is 24.2. The molecule has 172 valence electrons. The van der Waals surface area contributed by atoms with Crippen molar-refractivity contribution >= 4 is 22.7 Å². The normalized spacial score (nSPS) is 11.7. The van der Waals surface area contributed by atoms with Crippen LogP contribution in [0.15, 0.2) is 78.9 Å². The zero-order valence-electron chi connectivity index (χ0n) is 18.3. The van der Waals surface area contributed by atoms with Gasteiger partial charge in [0.15, 0.2) is 0 Å². The van der Waals surface area contributed by atoms with Crippen LogP contribution in [-0.2, 0) is 11.3 Å². The molecule has 0 amide bonds. The molecular weight excluding hydrogens is 436 g/mol. The summed E-state index contributed by atoms with van der Waals surface area (Å²) in [5.41, 5.74) is 1.91. The van der Waals surface area contributed by atoms with Gasteiger partial charge in [0.05, 0.1) is 18.2 Å². The molecule has 0 radical (unpaired) electrons. The summed E-state index contributed by atoms with van der Waals surface area (Å²) in [7, 11) is 1.58. The van der Waals surface area contributed by atoms with Crippen molar-refractivity contribution in [2.75, 3.05) is 7.11 Å². The van der Waals surface area contributed by atoms with Gasteiger partial charge in [0.1, 0.15) is 24.2 Å². The fraction of sp³-hybridized carbons (Fsp3) is 0.111. The molecule has 0 aliphatic carbocycles. The van der Waals surface area contributed by atoms with Crippen LogP contribution in [0, 0.1) is 0 Å². The summed E-state index contributed by atoms with van der Waals surface area (Å²) in [5, 5.41) is 31.6. The molecule has 4 rings (SSSR count). The van der Waals surface area contributed by atoms with Gasteiger partial charge in [0.2, 0.25) is 0 Å². The second kappa shape index (κ2) is 9.64. The monoisotopic (exact) mass is 458 g/mol. The number of phenols is 1. The number of ether oxygens (including phenoxy) is 2. The highest BCUT2D eigenvalue weighted by atomic mass is 16.5. The number of hydrogen-bond acceptors (Lipinski definition) is 6. The van der Waals surface area contributed by atoms with Crippen molar-refractivity contribution in [1.82, 2.24) is 0 Å². The number of benzene rings is 4. The van der Waals surface area contributed by atoms with Gasteiger partial charge in [-0.05, 0) is 70.4 Å². The standard InChI is InChI=1S/C27H22O7/c1-33-22-10-2-16(3-11-22)15-34-27(32)20-9-8-19-14-24(28)23(13-21(19)12-20)25(29)17-4-6-18(7-5-17)26(30)31/h2-14,25,28-29H,15H2,1H3,(H,30,31). The van der Waals surface area contributed by atoms with Crippen LogP contribution < -0.4 is 4.74 Å². The largest absolute Gasteiger partial charge is 0.508 e. The Kier molecular flexibility index (Phi) is 6.47. The molecule has 0 aliphatic heterocycles. The number of fused-ring (bicyclic) bond motifs is 1. The Labute approximate surface area is 195 Å². The molecule has 0 fully saturated rings. The first-order chi connectivity index (χ1) is 16.4. The summed E-state index contributed by atoms with van der Waals surface area (Å²) in [6.45, 7) is 0.104. The van der Waals surface area contributed by atoms with E-state index in [1.165, 1.54) is 30.3 Å². The summed E-state index contributed by atoms with van der Waals surface area (Å²) < 4.78 is 10.5. The smallest absolute Gasteiger partial charge is 0.338 e. The lowest BCUT2D eigenvalue weighted by atomic mass is 9.96. The minimum Gasteiger partial charge on any atom is -0.508 e. The lowest BCUT2D eigenvalue weighted by Gasteiger charge is -2.15. The van der Waals surface area contributed by atoms with E-state index >= 15 is 0 Å². The van der Waals surface area contributed by atoms with Crippen LogP contribution in [0.1, 0.15) is 43.5 Å². The predicted octanol–water partition coefficient (Wildman–Crippen LogP) is 4.69. The predicted molar refractivity (Wildman–Crippen MR) is 125 cm³/mol. The third-order valence-corrected chi connectivity index (χ3v) is 5.52. The molecule has 4 aromatic carbocycles. The molecule has 3 N–H and O–H groups in total. The van der Waals surface area contributed by atoms with Crippen LogP contribution >= 0.6 is 0 Å². The Morgan fingerprint density at radius 3 is 2.18 bits per heavy atom. The van der Waals surface area contributed by atoms with E-state index in [1.54, 1.807) is 43.5 Å². The number of methoxy groups -OCH3 is 1. The van der Waals surface area contributed by atoms with Gasteiger partial charge in [0.25, 0.3) is 0 Å². The quantitative estimate of drug-likeness (QED) is 0.344. The number of phenolic OH excluding ortho intramolecular Hbond substituents is 1. The van der Waals surface area contributed by atoms with Crippen LogP contribution in [0.4, 0.5) is 0 Å². The Balaban J connectivity index is 1.55. The maximum atomic E-state index is 12.6. The molecule has 34 heavy (non-hydrogen) atoms. The van der Waals surface area contributed by atoms with Gasteiger partial charge in [-0.3, -0.25) is 0 Å². The summed E-state index contributed by atoms with van der Waals surface area (Å²) in [5.74, 6) is -0.973. The maximum Gasteiger partial charge on any atom is 0.338 e. The van der Waals surface area contributed by atoms with E-state index in [1.807, 2.05) is 12.1 Å². The van der Waals surface area contributed by atoms with E-state index in [0.29, 0.717) is 27.6 Å². The molecule has 4 aromatic rings. The van der Waals surface area contributed by atoms with Gasteiger partial charge in [-0.2, -0.15) is 0 Å². The first-order valence-electron chi connectivity index (χ1n) is 10.4. The first-order valence-corrected chi connectivity index (χ1v) is 10.4. The molecule has 0 aromatic heterocycles. The summed E-state index contributed by atoms with van der Waals surface area (Å²) in [4.78, 5) is 23.6. The first kappa shape index (κ1) is 22.8. The van der Waals surface area contributed by atoms with E-state index in [-0.39, 0.29) is 23.5 Å². The van der Waals surface area contributed by atoms with Crippen molar-refractivity contribution in [2.24, 2.45) is 0 Å². The van der Waals surface area contributed by atoms with Crippen LogP contribution in [0.5, 0.6) is 11.5 Å². The minimum absolute atomic E-state index is 0.0940. The van der Waals surface area contributed by atoms with Gasteiger partial charge in [-0.25, -0.2) is 9.59 Å². The molecule has 0 spiro atoms. The Hall–Kier alpha value is -4.36. The highest BCUT2D eigenvalue weighted by Gasteiger charge is 2.17. The fourth-order valence-corrected chi connectivity index (χ4v) is 3.59. The highest BCUT2D eigenvalue weighted by Crippen LogP contribution is 2.33. The molecule has 0 saturated heterocycles. The average molecular weight is 458 g/mol. The Bertz CT molecular complexity index is 1340. The third-order valence-electron chi connectivity index (χ3n) is 5.52. The number of aromatic hydroxyl groups is 1. The average Bonchev–Trinajstić information content (AvgIpc) is 2.86. The van der Waals surface area contributed by atoms with Crippen molar-refractivity contribution in [1.29, 1.82) is 0 Å². The number of aliphatic hydroxyl groups excluding tert-OH is 1. The van der Waals surface area contributed by atoms with Crippen LogP contribution in [-0.4, -0.2) is 34.4 Å². The molecule has 7 nitrogen and oxygen atoms in total. The van der Waals surface area contributed by atoms with E-state index in [4.69, 9.17) is 14.6 Å². The fourth-order valence-electron chi connectivity index (χ4n) is 3.59. The van der Waals surface area contributed by atoms with Gasteiger partial charge < -0.3 is 24.8 Å². The highest BCUT2D eigenvalue weighted by molar-refractivity contribution is 5.96. The topological polar surface area (TPSA) is 113 Å². The van der Waals surface area contributed by atoms with Gasteiger partial charge in [0, 0.05) is 5.56 Å². The summed E-state index contributed by atoms with van der Waals surface area (Å²) in [6.07, 6.45) is -1.18. The number of carboxylic acids is 1. The van der Waals surface area contributed by atoms with Crippen molar-refractivity contribution < 1.29 is 34.4 Å². The van der Waals surface area contributed by atoms with Crippen molar-refractivity contribution in [3.05, 3.63) is 107 Å². The SMILES string of the molecule is COc1ccc(COC(=O)c2ccc3cc(O)c(C(O)c4ccc(C(=O)O)cc4)cc3c2)cc1. The van der Waals surface area contributed by atoms with Crippen LogP contribution in [0.3, 0.4) is 0 Å². The van der Waals surface area contributed by atoms with Crippen molar-refractivity contribution in [3.8, 4) is 11.5 Å². The number of aromatic carboxylic acids is 1. The van der Waals surface area contributed by atoms with Crippen molar-refractivity contribution in [2.45, 2.75) is 12.7 Å². The maximum absolute atomic E-state index is 12.6. The van der Waals surface area contributed by atoms with Crippen LogP contribution in [0.25, 0.3) is 10.8 Å². The number of carboxylic acid groups (broad SMARTS) is 1. The molecule has 1 unspecified atom stereocenters. The van der Waals surface area contributed by atoms with E-state index in [0.717, 1.165) is 5.56 Å². The Morgan fingerprint density at radius 2 is 1.53 bits per heavy atom. The summed E-state index contributed by atoms with van der Waals surface area (Å²) in [6, 6.07) is 21.0. The molecule has 0 bridgehead atoms. The van der Waals surface area contributed by atoms with Crippen molar-refractivity contribution in [3.63, 3.8) is 0 Å². The summed E-state index contributed by atoms with van der Waals surface area (Å²) >= 11 is 0. The van der Waals surface area contributed by atoms with Gasteiger partial charge in [-0.1, -0.05) is 30.3 Å².